The van der Waals surface area contributed by atoms with Crippen LogP contribution < -0.4 is 5.32 Å². The maximum Gasteiger partial charge on any atom is 0.0400 e. The Morgan fingerprint density at radius 1 is 1.24 bits per heavy atom. The van der Waals surface area contributed by atoms with Gasteiger partial charge in [-0.2, -0.15) is 0 Å². The van der Waals surface area contributed by atoms with Gasteiger partial charge in [-0.25, -0.2) is 0 Å². The first-order chi connectivity index (χ1) is 10.3. The van der Waals surface area contributed by atoms with Crippen LogP contribution in [0.25, 0.3) is 10.8 Å². The summed E-state index contributed by atoms with van der Waals surface area (Å²) in [6.07, 6.45) is 7.53. The molecule has 2 heterocycles. The fourth-order valence-electron chi connectivity index (χ4n) is 3.45. The molecule has 2 aromatic rings. The van der Waals surface area contributed by atoms with Crippen LogP contribution in [0.2, 0.25) is 0 Å². The fourth-order valence-corrected chi connectivity index (χ4v) is 3.45. The zero-order valence-electron chi connectivity index (χ0n) is 13.0. The van der Waals surface area contributed by atoms with E-state index < -0.39 is 0 Å². The molecule has 1 aromatic carbocycles. The Kier molecular flexibility index (Phi) is 4.39. The lowest BCUT2D eigenvalue weighted by molar-refractivity contribution is 0.228. The lowest BCUT2D eigenvalue weighted by Crippen LogP contribution is -2.34. The molecule has 1 aromatic heterocycles. The van der Waals surface area contributed by atoms with Crippen molar-refractivity contribution in [2.24, 2.45) is 0 Å². The molecule has 1 fully saturated rings. The first kappa shape index (κ1) is 14.3. The summed E-state index contributed by atoms with van der Waals surface area (Å²) < 4.78 is 0. The van der Waals surface area contributed by atoms with Crippen LogP contribution >= 0.6 is 0 Å². The zero-order valence-corrected chi connectivity index (χ0v) is 13.0. The summed E-state index contributed by atoms with van der Waals surface area (Å²) in [6.45, 7) is 6.99. The number of aromatic nitrogens is 1. The van der Waals surface area contributed by atoms with Crippen molar-refractivity contribution in [3.05, 3.63) is 36.7 Å². The minimum absolute atomic E-state index is 0.574. The van der Waals surface area contributed by atoms with Crippen LogP contribution in [0, 0.1) is 0 Å². The van der Waals surface area contributed by atoms with Gasteiger partial charge in [0.15, 0.2) is 0 Å². The summed E-state index contributed by atoms with van der Waals surface area (Å²) in [5, 5.41) is 6.16. The third kappa shape index (κ3) is 3.18. The van der Waals surface area contributed by atoms with E-state index in [0.29, 0.717) is 6.04 Å². The Labute approximate surface area is 127 Å². The van der Waals surface area contributed by atoms with Crippen molar-refractivity contribution in [2.75, 3.05) is 18.4 Å². The van der Waals surface area contributed by atoms with Crippen molar-refractivity contribution in [2.45, 2.75) is 45.2 Å². The average Bonchev–Trinajstić information content (AvgIpc) is 2.97. The van der Waals surface area contributed by atoms with Crippen molar-refractivity contribution in [1.82, 2.24) is 9.88 Å². The molecule has 1 saturated heterocycles. The van der Waals surface area contributed by atoms with Gasteiger partial charge in [-0.3, -0.25) is 9.88 Å². The number of likely N-dealkylation sites (tertiary alicyclic amines) is 1. The Morgan fingerprint density at radius 2 is 2.10 bits per heavy atom. The van der Waals surface area contributed by atoms with E-state index in [-0.39, 0.29) is 0 Å². The maximum absolute atomic E-state index is 4.17. The number of pyridine rings is 1. The molecule has 3 nitrogen and oxygen atoms in total. The number of benzene rings is 1. The number of hydrogen-bond acceptors (Lipinski definition) is 3. The number of anilines is 1. The highest BCUT2D eigenvalue weighted by Crippen LogP contribution is 2.23. The predicted molar refractivity (Wildman–Crippen MR) is 89.7 cm³/mol. The van der Waals surface area contributed by atoms with Gasteiger partial charge in [-0.05, 0) is 42.8 Å². The molecule has 0 saturated carbocycles. The van der Waals surface area contributed by atoms with Gasteiger partial charge in [0.05, 0.1) is 0 Å². The Morgan fingerprint density at radius 3 is 2.90 bits per heavy atom. The molecule has 0 amide bonds. The van der Waals surface area contributed by atoms with Crippen LogP contribution in [-0.4, -0.2) is 35.1 Å². The highest BCUT2D eigenvalue weighted by atomic mass is 15.2. The first-order valence-electron chi connectivity index (χ1n) is 8.14. The Bertz CT molecular complexity index is 592. The van der Waals surface area contributed by atoms with Crippen LogP contribution in [0.5, 0.6) is 0 Å². The van der Waals surface area contributed by atoms with Crippen molar-refractivity contribution < 1.29 is 0 Å². The molecule has 1 aliphatic heterocycles. The molecule has 0 aliphatic carbocycles. The van der Waals surface area contributed by atoms with Crippen molar-refractivity contribution >= 4 is 16.5 Å². The smallest absolute Gasteiger partial charge is 0.0400 e. The number of nitrogens with one attached hydrogen (secondary N) is 1. The highest BCUT2D eigenvalue weighted by Gasteiger charge is 2.26. The fraction of sp³-hybridized carbons (Fsp3) is 0.500. The van der Waals surface area contributed by atoms with E-state index in [4.69, 9.17) is 0 Å². The molecule has 1 aliphatic rings. The summed E-state index contributed by atoms with van der Waals surface area (Å²) in [6, 6.07) is 9.95. The molecule has 1 atom stereocenters. The minimum atomic E-state index is 0.574. The topological polar surface area (TPSA) is 28.2 Å². The number of nitrogens with zero attached hydrogens (tertiary/aromatic N) is 2. The van der Waals surface area contributed by atoms with Gasteiger partial charge in [0.25, 0.3) is 0 Å². The monoisotopic (exact) mass is 283 g/mol. The predicted octanol–water partition coefficient (Wildman–Crippen LogP) is 3.91. The second-order valence-electron chi connectivity index (χ2n) is 6.03. The molecular formula is C18H25N3. The molecular weight excluding hydrogens is 258 g/mol. The van der Waals surface area contributed by atoms with Gasteiger partial charge in [0.1, 0.15) is 0 Å². The molecule has 21 heavy (non-hydrogen) atoms. The largest absolute Gasteiger partial charge is 0.381 e. The molecule has 0 spiro atoms. The maximum atomic E-state index is 4.17. The van der Waals surface area contributed by atoms with Crippen LogP contribution in [0.1, 0.15) is 33.1 Å². The second-order valence-corrected chi connectivity index (χ2v) is 6.03. The average molecular weight is 283 g/mol. The van der Waals surface area contributed by atoms with Crippen LogP contribution in [0.3, 0.4) is 0 Å². The van der Waals surface area contributed by atoms with Crippen LogP contribution in [0.15, 0.2) is 36.7 Å². The van der Waals surface area contributed by atoms with E-state index in [0.717, 1.165) is 6.04 Å². The molecule has 3 rings (SSSR count). The quantitative estimate of drug-likeness (QED) is 0.901. The Balaban J connectivity index is 1.66. The molecule has 0 bridgehead atoms. The van der Waals surface area contributed by atoms with E-state index >= 15 is 0 Å². The molecule has 1 N–H and O–H groups in total. The van der Waals surface area contributed by atoms with Crippen LogP contribution in [-0.2, 0) is 0 Å². The van der Waals surface area contributed by atoms with Crippen molar-refractivity contribution in [3.63, 3.8) is 0 Å². The molecule has 112 valence electrons. The van der Waals surface area contributed by atoms with Gasteiger partial charge >= 0.3 is 0 Å². The van der Waals surface area contributed by atoms with Gasteiger partial charge in [0, 0.05) is 48.6 Å². The number of fused-ring (bicyclic) bond motifs is 1. The molecule has 0 unspecified atom stereocenters. The third-order valence-corrected chi connectivity index (χ3v) is 4.69. The van der Waals surface area contributed by atoms with Gasteiger partial charge in [0.2, 0.25) is 0 Å². The van der Waals surface area contributed by atoms with E-state index in [9.17, 15) is 0 Å². The highest BCUT2D eigenvalue weighted by molar-refractivity contribution is 5.84. The molecule has 3 heteroatoms. The lowest BCUT2D eigenvalue weighted by atomic mass is 10.1. The lowest BCUT2D eigenvalue weighted by Gasteiger charge is -2.25. The standard InChI is InChI=1S/C18H25N3/c1-3-18(4-2)21-10-8-17(13-21)20-16-6-5-15-12-19-9-7-14(15)11-16/h5-7,9,11-12,17-18,20H,3-4,8,10,13H2,1-2H3/t17-/m1/s1. The molecule has 0 radical (unpaired) electrons. The van der Waals surface area contributed by atoms with Gasteiger partial charge < -0.3 is 5.32 Å². The number of hydrogen-bond donors (Lipinski definition) is 1. The van der Waals surface area contributed by atoms with Gasteiger partial charge in [-0.15, -0.1) is 0 Å². The summed E-state index contributed by atoms with van der Waals surface area (Å²) in [7, 11) is 0. The van der Waals surface area contributed by atoms with Gasteiger partial charge in [-0.1, -0.05) is 19.9 Å². The van der Waals surface area contributed by atoms with E-state index in [1.165, 1.54) is 48.8 Å². The zero-order chi connectivity index (χ0) is 14.7. The summed E-state index contributed by atoms with van der Waals surface area (Å²) in [5.74, 6) is 0. The van der Waals surface area contributed by atoms with Crippen molar-refractivity contribution in [1.29, 1.82) is 0 Å². The second kappa shape index (κ2) is 6.44. The van der Waals surface area contributed by atoms with E-state index in [1.807, 2.05) is 12.4 Å². The summed E-state index contributed by atoms with van der Waals surface area (Å²) in [5.41, 5.74) is 1.23. The third-order valence-electron chi connectivity index (χ3n) is 4.69. The number of rotatable bonds is 5. The first-order valence-corrected chi connectivity index (χ1v) is 8.14. The SMILES string of the molecule is CCC(CC)N1CC[C@@H](Nc2ccc3cnccc3c2)C1. The summed E-state index contributed by atoms with van der Waals surface area (Å²) in [4.78, 5) is 6.81. The van der Waals surface area contributed by atoms with E-state index in [1.54, 1.807) is 0 Å². The van der Waals surface area contributed by atoms with Crippen LogP contribution in [0.4, 0.5) is 5.69 Å². The normalized spacial score (nSPS) is 19.5. The summed E-state index contributed by atoms with van der Waals surface area (Å²) >= 11 is 0. The minimum Gasteiger partial charge on any atom is -0.381 e. The van der Waals surface area contributed by atoms with Crippen molar-refractivity contribution in [3.8, 4) is 0 Å². The Hall–Kier alpha value is -1.61. The van der Waals surface area contributed by atoms with E-state index in [2.05, 4.69) is 53.3 Å².